The zero-order chi connectivity index (χ0) is 8.85. The maximum absolute atomic E-state index is 10.5. The minimum absolute atomic E-state index is 0.571. The second kappa shape index (κ2) is 4.46. The van der Waals surface area contributed by atoms with Crippen LogP contribution in [0.2, 0.25) is 0 Å². The lowest BCUT2D eigenvalue weighted by molar-refractivity contribution is -0.118. The van der Waals surface area contributed by atoms with Gasteiger partial charge in [-0.15, -0.1) is 0 Å². The van der Waals surface area contributed by atoms with Crippen molar-refractivity contribution < 1.29 is 4.79 Å². The molecule has 0 radical (unpaired) electrons. The van der Waals surface area contributed by atoms with Crippen molar-refractivity contribution in [2.75, 3.05) is 0 Å². The van der Waals surface area contributed by atoms with Gasteiger partial charge in [0.2, 0.25) is 5.91 Å². The quantitative estimate of drug-likeness (QED) is 0.561. The van der Waals surface area contributed by atoms with E-state index in [0.29, 0.717) is 5.57 Å². The van der Waals surface area contributed by atoms with Crippen molar-refractivity contribution in [3.8, 4) is 0 Å². The smallest absolute Gasteiger partial charge is 0.238 e. The minimum atomic E-state index is -0.787. The van der Waals surface area contributed by atoms with Gasteiger partial charge in [0.1, 0.15) is 6.04 Å². The van der Waals surface area contributed by atoms with E-state index < -0.39 is 11.9 Å². The highest BCUT2D eigenvalue weighted by molar-refractivity contribution is 5.83. The number of hydrogen-bond acceptors (Lipinski definition) is 2. The van der Waals surface area contributed by atoms with Crippen molar-refractivity contribution in [2.24, 2.45) is 11.5 Å². The number of carbonyl (C=O) groups excluding carboxylic acids is 1. The molecule has 1 unspecified atom stereocenters. The third-order valence-corrected chi connectivity index (χ3v) is 1.21. The molecule has 1 atom stereocenters. The normalized spacial score (nSPS) is 13.7. The van der Waals surface area contributed by atoms with E-state index in [1.54, 1.807) is 6.08 Å². The Morgan fingerprint density at radius 3 is 2.27 bits per heavy atom. The van der Waals surface area contributed by atoms with Gasteiger partial charge in [-0.05, 0) is 5.57 Å². The van der Waals surface area contributed by atoms with E-state index in [-0.39, 0.29) is 0 Å². The number of carbonyl (C=O) groups is 1. The molecule has 0 fully saturated rings. The summed E-state index contributed by atoms with van der Waals surface area (Å²) in [6.07, 6.45) is 4.61. The molecule has 0 aliphatic heterocycles. The fourth-order valence-corrected chi connectivity index (χ4v) is 0.599. The first kappa shape index (κ1) is 9.65. The van der Waals surface area contributed by atoms with Crippen molar-refractivity contribution in [1.82, 2.24) is 0 Å². The SMILES string of the molecule is C=C/C=C(\C=C)C(N)C(N)=O. The van der Waals surface area contributed by atoms with Crippen LogP contribution in [0.5, 0.6) is 0 Å². The monoisotopic (exact) mass is 152 g/mol. The van der Waals surface area contributed by atoms with E-state index >= 15 is 0 Å². The molecule has 11 heavy (non-hydrogen) atoms. The van der Waals surface area contributed by atoms with E-state index in [0.717, 1.165) is 0 Å². The van der Waals surface area contributed by atoms with Crippen LogP contribution >= 0.6 is 0 Å². The standard InChI is InChI=1S/C8H12N2O/c1-3-5-6(4-2)7(9)8(10)11/h3-5,7H,1-2,9H2,(H2,10,11)/b6-5+. The highest BCUT2D eigenvalue weighted by Crippen LogP contribution is 2.00. The van der Waals surface area contributed by atoms with Gasteiger partial charge in [0.05, 0.1) is 0 Å². The average molecular weight is 152 g/mol. The Morgan fingerprint density at radius 1 is 1.45 bits per heavy atom. The molecular weight excluding hydrogens is 140 g/mol. The highest BCUT2D eigenvalue weighted by atomic mass is 16.1. The maximum atomic E-state index is 10.5. The molecule has 0 aromatic carbocycles. The van der Waals surface area contributed by atoms with Gasteiger partial charge in [0.25, 0.3) is 0 Å². The number of hydrogen-bond donors (Lipinski definition) is 2. The summed E-state index contributed by atoms with van der Waals surface area (Å²) in [6.45, 7) is 6.94. The van der Waals surface area contributed by atoms with Crippen molar-refractivity contribution >= 4 is 5.91 Å². The fraction of sp³-hybridized carbons (Fsp3) is 0.125. The number of allylic oxidation sites excluding steroid dienone is 2. The van der Waals surface area contributed by atoms with E-state index in [9.17, 15) is 4.79 Å². The molecule has 0 rings (SSSR count). The van der Waals surface area contributed by atoms with E-state index in [4.69, 9.17) is 11.5 Å². The first-order valence-electron chi connectivity index (χ1n) is 3.13. The molecule has 0 aromatic heterocycles. The topological polar surface area (TPSA) is 69.1 Å². The van der Waals surface area contributed by atoms with Crippen LogP contribution in [0.3, 0.4) is 0 Å². The molecule has 0 spiro atoms. The summed E-state index contributed by atoms with van der Waals surface area (Å²) in [7, 11) is 0. The van der Waals surface area contributed by atoms with Crippen LogP contribution in [0.1, 0.15) is 0 Å². The third-order valence-electron chi connectivity index (χ3n) is 1.21. The lowest BCUT2D eigenvalue weighted by Gasteiger charge is -2.06. The van der Waals surface area contributed by atoms with Crippen LogP contribution in [0.15, 0.2) is 37.0 Å². The summed E-state index contributed by atoms with van der Waals surface area (Å²) in [5.74, 6) is -0.571. The largest absolute Gasteiger partial charge is 0.368 e. The van der Waals surface area contributed by atoms with Crippen molar-refractivity contribution in [3.05, 3.63) is 37.0 Å². The third kappa shape index (κ3) is 2.82. The molecule has 3 heteroatoms. The summed E-state index contributed by atoms with van der Waals surface area (Å²) >= 11 is 0. The Kier molecular flexibility index (Phi) is 3.92. The van der Waals surface area contributed by atoms with Crippen LogP contribution in [-0.2, 0) is 4.79 Å². The van der Waals surface area contributed by atoms with Crippen molar-refractivity contribution in [3.63, 3.8) is 0 Å². The van der Waals surface area contributed by atoms with Crippen LogP contribution in [0.25, 0.3) is 0 Å². The molecule has 0 aromatic rings. The summed E-state index contributed by atoms with van der Waals surface area (Å²) in [5.41, 5.74) is 10.9. The van der Waals surface area contributed by atoms with Gasteiger partial charge in [-0.1, -0.05) is 31.4 Å². The first-order valence-corrected chi connectivity index (χ1v) is 3.13. The molecule has 3 nitrogen and oxygen atoms in total. The molecule has 1 amide bonds. The average Bonchev–Trinajstić information content (AvgIpc) is 1.98. The van der Waals surface area contributed by atoms with E-state index in [2.05, 4.69) is 13.2 Å². The number of amides is 1. The zero-order valence-electron chi connectivity index (χ0n) is 6.29. The van der Waals surface area contributed by atoms with Gasteiger partial charge in [-0.25, -0.2) is 0 Å². The van der Waals surface area contributed by atoms with Crippen LogP contribution < -0.4 is 11.5 Å². The second-order valence-corrected chi connectivity index (χ2v) is 1.99. The minimum Gasteiger partial charge on any atom is -0.368 e. The zero-order valence-corrected chi connectivity index (χ0v) is 6.29. The number of primary amides is 1. The molecule has 0 aliphatic rings. The van der Waals surface area contributed by atoms with Crippen molar-refractivity contribution in [1.29, 1.82) is 0 Å². The predicted octanol–water partition coefficient (Wildman–Crippen LogP) is 0.0974. The lowest BCUT2D eigenvalue weighted by Crippen LogP contribution is -2.37. The molecule has 60 valence electrons. The first-order chi connectivity index (χ1) is 5.13. The lowest BCUT2D eigenvalue weighted by atomic mass is 10.1. The van der Waals surface area contributed by atoms with Gasteiger partial charge in [0.15, 0.2) is 0 Å². The second-order valence-electron chi connectivity index (χ2n) is 1.99. The van der Waals surface area contributed by atoms with E-state index in [1.807, 2.05) is 0 Å². The van der Waals surface area contributed by atoms with Crippen LogP contribution in [0.4, 0.5) is 0 Å². The van der Waals surface area contributed by atoms with Gasteiger partial charge in [0, 0.05) is 0 Å². The van der Waals surface area contributed by atoms with Gasteiger partial charge in [-0.3, -0.25) is 4.79 Å². The molecule has 0 aliphatic carbocycles. The molecule has 0 saturated heterocycles. The van der Waals surface area contributed by atoms with Gasteiger partial charge >= 0.3 is 0 Å². The number of nitrogens with two attached hydrogens (primary N) is 2. The Bertz CT molecular complexity index is 206. The fourth-order valence-electron chi connectivity index (χ4n) is 0.599. The molecule has 0 heterocycles. The Morgan fingerprint density at radius 2 is 2.00 bits per heavy atom. The Labute approximate surface area is 66.1 Å². The van der Waals surface area contributed by atoms with Crippen LogP contribution in [0, 0.1) is 0 Å². The highest BCUT2D eigenvalue weighted by Gasteiger charge is 2.10. The Balaban J connectivity index is 4.50. The summed E-state index contributed by atoms with van der Waals surface area (Å²) in [6, 6.07) is -0.787. The maximum Gasteiger partial charge on any atom is 0.238 e. The number of rotatable bonds is 4. The molecule has 0 saturated carbocycles. The summed E-state index contributed by atoms with van der Waals surface area (Å²) in [5, 5.41) is 0. The summed E-state index contributed by atoms with van der Waals surface area (Å²) < 4.78 is 0. The van der Waals surface area contributed by atoms with Gasteiger partial charge in [-0.2, -0.15) is 0 Å². The molecular formula is C8H12N2O. The van der Waals surface area contributed by atoms with Crippen molar-refractivity contribution in [2.45, 2.75) is 6.04 Å². The molecule has 0 bridgehead atoms. The predicted molar refractivity (Wildman–Crippen MR) is 45.6 cm³/mol. The van der Waals surface area contributed by atoms with Crippen LogP contribution in [-0.4, -0.2) is 11.9 Å². The van der Waals surface area contributed by atoms with E-state index in [1.165, 1.54) is 12.2 Å². The summed E-state index contributed by atoms with van der Waals surface area (Å²) in [4.78, 5) is 10.5. The Hall–Kier alpha value is -1.35. The van der Waals surface area contributed by atoms with Gasteiger partial charge < -0.3 is 11.5 Å². The molecule has 4 N–H and O–H groups in total.